The van der Waals surface area contributed by atoms with Crippen molar-refractivity contribution in [2.75, 3.05) is 4.72 Å². The number of rotatable bonds is 5. The monoisotopic (exact) mass is 376 g/mol. The first-order valence-corrected chi connectivity index (χ1v) is 9.63. The molecule has 0 fully saturated rings. The van der Waals surface area contributed by atoms with Gasteiger partial charge in [0.1, 0.15) is 9.90 Å². The predicted octanol–water partition coefficient (Wildman–Crippen LogP) is 2.65. The second-order valence-corrected chi connectivity index (χ2v) is 8.45. The highest BCUT2D eigenvalue weighted by Gasteiger charge is 2.21. The highest BCUT2D eigenvalue weighted by molar-refractivity contribution is 7.94. The van der Waals surface area contributed by atoms with Gasteiger partial charge in [-0.15, -0.1) is 11.3 Å². The smallest absolute Gasteiger partial charge is 0.271 e. The Balaban J connectivity index is 1.94. The normalized spacial score (nSPS) is 11.4. The van der Waals surface area contributed by atoms with Crippen LogP contribution in [0.1, 0.15) is 21.6 Å². The molecule has 1 amide bonds. The molecule has 0 aliphatic heterocycles. The Bertz CT molecular complexity index is 1050. The van der Waals surface area contributed by atoms with Gasteiger partial charge in [0.05, 0.1) is 16.1 Å². The highest BCUT2D eigenvalue weighted by Crippen LogP contribution is 2.33. The molecule has 0 saturated heterocycles. The van der Waals surface area contributed by atoms with Crippen molar-refractivity contribution in [1.82, 2.24) is 10.2 Å². The van der Waals surface area contributed by atoms with Crippen molar-refractivity contribution in [2.24, 2.45) is 5.73 Å². The van der Waals surface area contributed by atoms with Crippen LogP contribution < -0.4 is 10.5 Å². The summed E-state index contributed by atoms with van der Waals surface area (Å²) in [5.41, 5.74) is 8.18. The molecule has 0 unspecified atom stereocenters. The molecule has 0 atom stereocenters. The maximum absolute atomic E-state index is 12.6. The number of primary amides is 1. The van der Waals surface area contributed by atoms with Crippen LogP contribution in [-0.4, -0.2) is 24.5 Å². The second kappa shape index (κ2) is 6.34. The van der Waals surface area contributed by atoms with E-state index in [1.165, 1.54) is 18.2 Å². The van der Waals surface area contributed by atoms with Crippen LogP contribution >= 0.6 is 11.3 Å². The van der Waals surface area contributed by atoms with E-state index in [-0.39, 0.29) is 15.5 Å². The number of H-pyrrole nitrogens is 1. The number of amides is 1. The Kier molecular flexibility index (Phi) is 4.36. The van der Waals surface area contributed by atoms with Gasteiger partial charge in [-0.3, -0.25) is 14.6 Å². The summed E-state index contributed by atoms with van der Waals surface area (Å²) in [7, 11) is -3.84. The summed E-state index contributed by atoms with van der Waals surface area (Å²) in [6.07, 6.45) is 0. The molecule has 7 nitrogen and oxygen atoms in total. The van der Waals surface area contributed by atoms with Crippen molar-refractivity contribution >= 4 is 33.0 Å². The number of hydrogen-bond acceptors (Lipinski definition) is 5. The van der Waals surface area contributed by atoms with Gasteiger partial charge in [0.2, 0.25) is 0 Å². The van der Waals surface area contributed by atoms with Crippen LogP contribution in [-0.2, 0) is 10.0 Å². The van der Waals surface area contributed by atoms with Crippen molar-refractivity contribution < 1.29 is 13.2 Å². The molecular formula is C16H16N4O3S2. The fourth-order valence-electron chi connectivity index (χ4n) is 2.30. The largest absolute Gasteiger partial charge is 0.366 e. The Morgan fingerprint density at radius 1 is 1.20 bits per heavy atom. The third-order valence-corrected chi connectivity index (χ3v) is 6.72. The first-order chi connectivity index (χ1) is 11.8. The van der Waals surface area contributed by atoms with E-state index in [2.05, 4.69) is 14.9 Å². The van der Waals surface area contributed by atoms with Crippen LogP contribution in [0.4, 0.5) is 5.69 Å². The molecule has 1 aromatic carbocycles. The number of aromatic nitrogens is 2. The standard InChI is InChI=1S/C16H16N4O3S2/c1-9-10(2)18-19-15(9)13-7-8-14(24-13)25(22,23)20-12-6-4-3-5-11(12)16(17)21/h3-8,20H,1-2H3,(H2,17,21)(H,18,19). The minimum Gasteiger partial charge on any atom is -0.366 e. The summed E-state index contributed by atoms with van der Waals surface area (Å²) in [6, 6.07) is 9.42. The molecule has 2 aromatic heterocycles. The minimum atomic E-state index is -3.84. The molecule has 2 heterocycles. The van der Waals surface area contributed by atoms with Gasteiger partial charge in [-0.1, -0.05) is 12.1 Å². The van der Waals surface area contributed by atoms with Crippen LogP contribution in [0.3, 0.4) is 0 Å². The molecule has 3 rings (SSSR count). The number of carbonyl (C=O) groups excluding carboxylic acids is 1. The number of nitrogens with zero attached hydrogens (tertiary/aromatic N) is 1. The fraction of sp³-hybridized carbons (Fsp3) is 0.125. The third-order valence-electron chi connectivity index (χ3n) is 3.77. The van der Waals surface area contributed by atoms with Gasteiger partial charge in [0.25, 0.3) is 15.9 Å². The van der Waals surface area contributed by atoms with Gasteiger partial charge in [0.15, 0.2) is 0 Å². The second-order valence-electron chi connectivity index (χ2n) is 5.46. The van der Waals surface area contributed by atoms with Crippen molar-refractivity contribution in [3.8, 4) is 10.6 Å². The first-order valence-electron chi connectivity index (χ1n) is 7.33. The van der Waals surface area contributed by atoms with E-state index >= 15 is 0 Å². The van der Waals surface area contributed by atoms with E-state index in [1.54, 1.807) is 18.2 Å². The molecule has 0 radical (unpaired) electrons. The Morgan fingerprint density at radius 3 is 2.56 bits per heavy atom. The number of carbonyl (C=O) groups is 1. The molecule has 9 heteroatoms. The fourth-order valence-corrected chi connectivity index (χ4v) is 4.73. The van der Waals surface area contributed by atoms with Gasteiger partial charge >= 0.3 is 0 Å². The van der Waals surface area contributed by atoms with Crippen LogP contribution in [0.2, 0.25) is 0 Å². The number of benzene rings is 1. The zero-order valence-corrected chi connectivity index (χ0v) is 15.2. The predicted molar refractivity (Wildman–Crippen MR) is 97.1 cm³/mol. The molecule has 0 bridgehead atoms. The van der Waals surface area contributed by atoms with E-state index in [0.717, 1.165) is 33.2 Å². The van der Waals surface area contributed by atoms with Crippen molar-refractivity contribution in [1.29, 1.82) is 0 Å². The average molecular weight is 376 g/mol. The zero-order chi connectivity index (χ0) is 18.2. The van der Waals surface area contributed by atoms with Crippen LogP contribution in [0.25, 0.3) is 10.6 Å². The van der Waals surface area contributed by atoms with Crippen molar-refractivity contribution in [2.45, 2.75) is 18.1 Å². The molecule has 3 aromatic rings. The molecule has 4 N–H and O–H groups in total. The number of hydrogen-bond donors (Lipinski definition) is 3. The summed E-state index contributed by atoms with van der Waals surface area (Å²) in [4.78, 5) is 12.2. The summed E-state index contributed by atoms with van der Waals surface area (Å²) >= 11 is 1.10. The number of thiophene rings is 1. The third kappa shape index (κ3) is 3.28. The number of aryl methyl sites for hydroxylation is 1. The number of sulfonamides is 1. The number of nitrogens with one attached hydrogen (secondary N) is 2. The highest BCUT2D eigenvalue weighted by atomic mass is 32.2. The molecule has 0 aliphatic rings. The Labute approximate surface area is 148 Å². The topological polar surface area (TPSA) is 118 Å². The lowest BCUT2D eigenvalue weighted by atomic mass is 10.2. The van der Waals surface area contributed by atoms with E-state index in [0.29, 0.717) is 0 Å². The van der Waals surface area contributed by atoms with E-state index in [9.17, 15) is 13.2 Å². The Hall–Kier alpha value is -2.65. The van der Waals surface area contributed by atoms with E-state index in [1.807, 2.05) is 13.8 Å². The van der Waals surface area contributed by atoms with Crippen molar-refractivity contribution in [3.05, 3.63) is 53.2 Å². The molecule has 0 spiro atoms. The van der Waals surface area contributed by atoms with Gasteiger partial charge < -0.3 is 5.73 Å². The number of aromatic amines is 1. The first kappa shape index (κ1) is 17.2. The number of nitrogens with two attached hydrogens (primary N) is 1. The Morgan fingerprint density at radius 2 is 1.92 bits per heavy atom. The molecule has 0 aliphatic carbocycles. The minimum absolute atomic E-state index is 0.113. The molecule has 0 saturated carbocycles. The van der Waals surface area contributed by atoms with Gasteiger partial charge in [0, 0.05) is 5.69 Å². The quantitative estimate of drug-likeness (QED) is 0.634. The molecular weight excluding hydrogens is 360 g/mol. The van der Waals surface area contributed by atoms with Crippen LogP contribution in [0, 0.1) is 13.8 Å². The van der Waals surface area contributed by atoms with Gasteiger partial charge in [-0.25, -0.2) is 8.42 Å². The van der Waals surface area contributed by atoms with Gasteiger partial charge in [-0.2, -0.15) is 5.10 Å². The molecule has 130 valence electrons. The summed E-state index contributed by atoms with van der Waals surface area (Å²) in [5.74, 6) is -0.701. The summed E-state index contributed by atoms with van der Waals surface area (Å²) in [5, 5.41) is 7.09. The maximum Gasteiger partial charge on any atom is 0.271 e. The summed E-state index contributed by atoms with van der Waals surface area (Å²) < 4.78 is 27.8. The zero-order valence-electron chi connectivity index (χ0n) is 13.5. The van der Waals surface area contributed by atoms with Crippen LogP contribution in [0.5, 0.6) is 0 Å². The van der Waals surface area contributed by atoms with E-state index in [4.69, 9.17) is 5.73 Å². The molecule has 25 heavy (non-hydrogen) atoms. The maximum atomic E-state index is 12.6. The van der Waals surface area contributed by atoms with Gasteiger partial charge in [-0.05, 0) is 43.7 Å². The lowest BCUT2D eigenvalue weighted by Crippen LogP contribution is -2.17. The lowest BCUT2D eigenvalue weighted by molar-refractivity contribution is 0.100. The summed E-state index contributed by atoms with van der Waals surface area (Å²) in [6.45, 7) is 3.82. The van der Waals surface area contributed by atoms with E-state index < -0.39 is 15.9 Å². The lowest BCUT2D eigenvalue weighted by Gasteiger charge is -2.09. The van der Waals surface area contributed by atoms with Crippen molar-refractivity contribution in [3.63, 3.8) is 0 Å². The number of anilines is 1. The van der Waals surface area contributed by atoms with Crippen LogP contribution in [0.15, 0.2) is 40.6 Å². The SMILES string of the molecule is Cc1[nH]nc(-c2ccc(S(=O)(=O)Nc3ccccc3C(N)=O)s2)c1C. The number of para-hydroxylation sites is 1. The average Bonchev–Trinajstić information content (AvgIpc) is 3.16.